The first-order valence-corrected chi connectivity index (χ1v) is 8.47. The molecule has 1 aliphatic carbocycles. The van der Waals surface area contributed by atoms with E-state index in [1.807, 2.05) is 0 Å². The minimum Gasteiger partial charge on any atom is -0.480 e. The summed E-state index contributed by atoms with van der Waals surface area (Å²) in [5, 5.41) is 9.37. The van der Waals surface area contributed by atoms with E-state index in [1.165, 1.54) is 28.6 Å². The van der Waals surface area contributed by atoms with Gasteiger partial charge in [-0.1, -0.05) is 6.42 Å². The zero-order valence-electron chi connectivity index (χ0n) is 11.5. The summed E-state index contributed by atoms with van der Waals surface area (Å²) in [6.45, 7) is 0. The molecule has 1 aliphatic heterocycles. The van der Waals surface area contributed by atoms with E-state index in [9.17, 15) is 18.3 Å². The molecule has 1 aromatic rings. The normalized spacial score (nSPS) is 29.4. The molecule has 7 heteroatoms. The summed E-state index contributed by atoms with van der Waals surface area (Å²) in [7, 11) is -3.81. The first-order chi connectivity index (χ1) is 9.91. The molecule has 2 aliphatic rings. The minimum absolute atomic E-state index is 0.107. The Hall–Kier alpha value is -1.60. The molecule has 3 rings (SSSR count). The zero-order valence-corrected chi connectivity index (χ0v) is 12.3. The van der Waals surface area contributed by atoms with E-state index >= 15 is 0 Å². The lowest BCUT2D eigenvalue weighted by Gasteiger charge is -2.26. The molecular formula is C14H18N2O4S. The van der Waals surface area contributed by atoms with Crippen molar-refractivity contribution in [1.29, 1.82) is 0 Å². The maximum absolute atomic E-state index is 12.8. The lowest BCUT2D eigenvalue weighted by atomic mass is 10.0. The van der Waals surface area contributed by atoms with Gasteiger partial charge in [-0.3, -0.25) is 4.79 Å². The molecule has 0 spiro atoms. The van der Waals surface area contributed by atoms with Crippen molar-refractivity contribution < 1.29 is 18.3 Å². The second-order valence-corrected chi connectivity index (χ2v) is 7.60. The topological polar surface area (TPSA) is 101 Å². The van der Waals surface area contributed by atoms with Gasteiger partial charge in [0.05, 0.1) is 4.90 Å². The van der Waals surface area contributed by atoms with Crippen molar-refractivity contribution in [3.8, 4) is 0 Å². The zero-order chi connectivity index (χ0) is 15.2. The van der Waals surface area contributed by atoms with Crippen LogP contribution in [0, 0.1) is 5.92 Å². The van der Waals surface area contributed by atoms with Crippen molar-refractivity contribution in [2.24, 2.45) is 5.92 Å². The third kappa shape index (κ3) is 2.30. The summed E-state index contributed by atoms with van der Waals surface area (Å²) in [5.41, 5.74) is 6.06. The monoisotopic (exact) mass is 310 g/mol. The van der Waals surface area contributed by atoms with Crippen molar-refractivity contribution in [3.63, 3.8) is 0 Å². The number of benzene rings is 1. The van der Waals surface area contributed by atoms with Crippen LogP contribution in [-0.4, -0.2) is 35.9 Å². The first kappa shape index (κ1) is 14.3. The van der Waals surface area contributed by atoms with Gasteiger partial charge in [-0.25, -0.2) is 8.42 Å². The third-order valence-corrected chi connectivity index (χ3v) is 6.47. The van der Waals surface area contributed by atoms with Gasteiger partial charge in [-0.05, 0) is 49.4 Å². The molecular weight excluding hydrogens is 292 g/mol. The van der Waals surface area contributed by atoms with Crippen LogP contribution in [0.4, 0.5) is 5.69 Å². The van der Waals surface area contributed by atoms with Crippen LogP contribution in [0.15, 0.2) is 29.2 Å². The molecule has 114 valence electrons. The predicted molar refractivity (Wildman–Crippen MR) is 77.0 cm³/mol. The highest BCUT2D eigenvalue weighted by atomic mass is 32.2. The molecule has 6 nitrogen and oxygen atoms in total. The standard InChI is InChI=1S/C14H18N2O4S/c15-10-4-6-11(7-5-10)21(19,20)16-12-3-1-2-9(12)8-13(16)14(17)18/h4-7,9,12-13H,1-3,8,15H2,(H,17,18)/t9-,12-,13?/m1/s1. The van der Waals surface area contributed by atoms with E-state index in [1.54, 1.807) is 0 Å². The molecule has 1 saturated heterocycles. The summed E-state index contributed by atoms with van der Waals surface area (Å²) >= 11 is 0. The molecule has 2 fully saturated rings. The van der Waals surface area contributed by atoms with Gasteiger partial charge < -0.3 is 10.8 Å². The van der Waals surface area contributed by atoms with Gasteiger partial charge in [0, 0.05) is 11.7 Å². The van der Waals surface area contributed by atoms with E-state index in [2.05, 4.69) is 0 Å². The Balaban J connectivity index is 2.02. The van der Waals surface area contributed by atoms with Crippen molar-refractivity contribution in [3.05, 3.63) is 24.3 Å². The van der Waals surface area contributed by atoms with Crippen LogP contribution in [-0.2, 0) is 14.8 Å². The lowest BCUT2D eigenvalue weighted by molar-refractivity contribution is -0.141. The maximum atomic E-state index is 12.8. The average molecular weight is 310 g/mol. The summed E-state index contributed by atoms with van der Waals surface area (Å²) in [6, 6.07) is 4.77. The van der Waals surface area contributed by atoms with Gasteiger partial charge in [0.25, 0.3) is 0 Å². The second kappa shape index (κ2) is 4.99. The van der Waals surface area contributed by atoms with Gasteiger partial charge in [0.15, 0.2) is 0 Å². The molecule has 1 aromatic carbocycles. The van der Waals surface area contributed by atoms with Gasteiger partial charge in [-0.15, -0.1) is 0 Å². The van der Waals surface area contributed by atoms with Crippen LogP contribution in [0.1, 0.15) is 25.7 Å². The summed E-state index contributed by atoms with van der Waals surface area (Å²) < 4.78 is 26.9. The van der Waals surface area contributed by atoms with Crippen molar-refractivity contribution in [1.82, 2.24) is 4.31 Å². The quantitative estimate of drug-likeness (QED) is 0.819. The SMILES string of the molecule is Nc1ccc(S(=O)(=O)N2C(C(=O)O)C[C@H]3CCC[C@H]32)cc1. The number of anilines is 1. The van der Waals surface area contributed by atoms with Crippen LogP contribution < -0.4 is 5.73 Å². The fraction of sp³-hybridized carbons (Fsp3) is 0.500. The number of fused-ring (bicyclic) bond motifs is 1. The van der Waals surface area contributed by atoms with E-state index in [0.717, 1.165) is 19.3 Å². The Morgan fingerprint density at radius 3 is 2.52 bits per heavy atom. The molecule has 3 N–H and O–H groups in total. The molecule has 3 atom stereocenters. The summed E-state index contributed by atoms with van der Waals surface area (Å²) in [4.78, 5) is 11.6. The lowest BCUT2D eigenvalue weighted by Crippen LogP contribution is -2.44. The molecule has 0 amide bonds. The number of nitrogens with zero attached hydrogens (tertiary/aromatic N) is 1. The van der Waals surface area contributed by atoms with Gasteiger partial charge in [-0.2, -0.15) is 4.31 Å². The fourth-order valence-corrected chi connectivity index (χ4v) is 5.43. The number of aliphatic carboxylic acids is 1. The molecule has 1 saturated carbocycles. The number of nitrogens with two attached hydrogens (primary N) is 1. The number of carboxylic acid groups (broad SMARTS) is 1. The molecule has 1 heterocycles. The van der Waals surface area contributed by atoms with E-state index in [0.29, 0.717) is 12.1 Å². The van der Waals surface area contributed by atoms with Crippen LogP contribution in [0.25, 0.3) is 0 Å². The van der Waals surface area contributed by atoms with Gasteiger partial charge in [0.2, 0.25) is 10.0 Å². The Labute approximate surface area is 123 Å². The smallest absolute Gasteiger partial charge is 0.322 e. The highest BCUT2D eigenvalue weighted by Crippen LogP contribution is 2.44. The van der Waals surface area contributed by atoms with Crippen LogP contribution in [0.3, 0.4) is 0 Å². The number of hydrogen-bond acceptors (Lipinski definition) is 4. The second-order valence-electron chi connectivity index (χ2n) is 5.75. The highest BCUT2D eigenvalue weighted by Gasteiger charge is 2.52. The van der Waals surface area contributed by atoms with E-state index in [4.69, 9.17) is 5.73 Å². The fourth-order valence-electron chi connectivity index (χ4n) is 3.57. The van der Waals surface area contributed by atoms with Crippen LogP contribution in [0.2, 0.25) is 0 Å². The minimum atomic E-state index is -3.81. The molecule has 0 aromatic heterocycles. The first-order valence-electron chi connectivity index (χ1n) is 7.03. The maximum Gasteiger partial charge on any atom is 0.322 e. The largest absolute Gasteiger partial charge is 0.480 e. The van der Waals surface area contributed by atoms with E-state index in [-0.39, 0.29) is 16.9 Å². The third-order valence-electron chi connectivity index (χ3n) is 4.52. The predicted octanol–water partition coefficient (Wildman–Crippen LogP) is 1.29. The Morgan fingerprint density at radius 2 is 1.90 bits per heavy atom. The number of carboxylic acids is 1. The van der Waals surface area contributed by atoms with Crippen molar-refractivity contribution in [2.75, 3.05) is 5.73 Å². The average Bonchev–Trinajstić information content (AvgIpc) is 2.98. The van der Waals surface area contributed by atoms with Gasteiger partial charge in [0.1, 0.15) is 6.04 Å². The van der Waals surface area contributed by atoms with Crippen molar-refractivity contribution >= 4 is 21.7 Å². The number of sulfonamides is 1. The Morgan fingerprint density at radius 1 is 1.24 bits per heavy atom. The number of nitrogen functional groups attached to an aromatic ring is 1. The molecule has 1 unspecified atom stereocenters. The Bertz CT molecular complexity index is 656. The number of carbonyl (C=O) groups is 1. The van der Waals surface area contributed by atoms with Crippen LogP contribution in [0.5, 0.6) is 0 Å². The van der Waals surface area contributed by atoms with Gasteiger partial charge >= 0.3 is 5.97 Å². The number of hydrogen-bond donors (Lipinski definition) is 2. The number of rotatable bonds is 3. The van der Waals surface area contributed by atoms with Crippen LogP contribution >= 0.6 is 0 Å². The van der Waals surface area contributed by atoms with Crippen molar-refractivity contribution in [2.45, 2.75) is 42.7 Å². The molecule has 21 heavy (non-hydrogen) atoms. The molecule has 0 bridgehead atoms. The highest BCUT2D eigenvalue weighted by molar-refractivity contribution is 7.89. The molecule has 0 radical (unpaired) electrons. The Kier molecular flexibility index (Phi) is 3.41. The summed E-state index contributed by atoms with van der Waals surface area (Å²) in [5.74, 6) is -0.905. The summed E-state index contributed by atoms with van der Waals surface area (Å²) in [6.07, 6.45) is 3.01. The van der Waals surface area contributed by atoms with E-state index < -0.39 is 22.0 Å².